The van der Waals surface area contributed by atoms with Crippen molar-refractivity contribution in [3.8, 4) is 28.1 Å². The summed E-state index contributed by atoms with van der Waals surface area (Å²) >= 11 is 0. The Hall–Kier alpha value is -3.00. The minimum atomic E-state index is 0.940. The fraction of sp³-hybridized carbons (Fsp3) is 0.130. The second kappa shape index (κ2) is 4.54. The molecule has 6 rings (SSSR count). The lowest BCUT2D eigenvalue weighted by Crippen LogP contribution is -2.08. The maximum absolute atomic E-state index is 5.64. The summed E-state index contributed by atoms with van der Waals surface area (Å²) in [5.41, 5.74) is 11.0. The quantitative estimate of drug-likeness (QED) is 0.403. The van der Waals surface area contributed by atoms with Gasteiger partial charge in [-0.05, 0) is 34.4 Å². The van der Waals surface area contributed by atoms with E-state index < -0.39 is 0 Å². The van der Waals surface area contributed by atoms with Crippen molar-refractivity contribution in [3.63, 3.8) is 0 Å². The number of nitrogens with zero attached hydrogens (tertiary/aromatic N) is 1. The third-order valence-corrected chi connectivity index (χ3v) is 5.75. The fourth-order valence-electron chi connectivity index (χ4n) is 4.69. The van der Waals surface area contributed by atoms with E-state index in [4.69, 9.17) is 4.74 Å². The normalized spacial score (nSPS) is 13.5. The number of benzene rings is 3. The molecule has 2 heteroatoms. The summed E-state index contributed by atoms with van der Waals surface area (Å²) < 4.78 is 8.16. The van der Waals surface area contributed by atoms with E-state index in [2.05, 4.69) is 65.2 Å². The summed E-state index contributed by atoms with van der Waals surface area (Å²) in [6.07, 6.45) is 1.01. The second-order valence-corrected chi connectivity index (χ2v) is 6.98. The van der Waals surface area contributed by atoms with E-state index in [9.17, 15) is 0 Å². The Morgan fingerprint density at radius 2 is 1.60 bits per heavy atom. The Bertz CT molecular complexity index is 1180. The highest BCUT2D eigenvalue weighted by atomic mass is 16.5. The first-order valence-electron chi connectivity index (χ1n) is 8.75. The summed E-state index contributed by atoms with van der Waals surface area (Å²) in [5.74, 6) is 0.940. The molecule has 1 aliphatic carbocycles. The molecule has 25 heavy (non-hydrogen) atoms. The van der Waals surface area contributed by atoms with Crippen LogP contribution in [-0.2, 0) is 13.0 Å². The molecule has 0 unspecified atom stereocenters. The molecule has 0 atom stereocenters. The van der Waals surface area contributed by atoms with Crippen molar-refractivity contribution in [2.24, 2.45) is 0 Å². The van der Waals surface area contributed by atoms with Gasteiger partial charge in [0.05, 0.1) is 18.3 Å². The number of methoxy groups -OCH3 is 1. The molecule has 1 aromatic heterocycles. The molecule has 0 saturated heterocycles. The standard InChI is InChI=1S/C23H17NO/c1-25-16-11-20-17-8-4-3-7-15(17)13-24-22-18-9-5-2-6-14(18)10-19(22)21(12-16)23(20)24/h2-9,11-12H,10,13H2,1H3. The van der Waals surface area contributed by atoms with Crippen LogP contribution in [0.3, 0.4) is 0 Å². The molecule has 3 aromatic carbocycles. The molecule has 0 N–H and O–H groups in total. The van der Waals surface area contributed by atoms with Crippen molar-refractivity contribution in [1.82, 2.24) is 4.57 Å². The van der Waals surface area contributed by atoms with Crippen LogP contribution in [-0.4, -0.2) is 11.7 Å². The van der Waals surface area contributed by atoms with Gasteiger partial charge in [0.25, 0.3) is 0 Å². The zero-order chi connectivity index (χ0) is 16.5. The van der Waals surface area contributed by atoms with E-state index in [0.29, 0.717) is 0 Å². The minimum Gasteiger partial charge on any atom is -0.497 e. The van der Waals surface area contributed by atoms with Crippen molar-refractivity contribution >= 4 is 10.9 Å². The number of fused-ring (bicyclic) bond motifs is 7. The summed E-state index contributed by atoms with van der Waals surface area (Å²) in [6.45, 7) is 0.940. The monoisotopic (exact) mass is 323 g/mol. The van der Waals surface area contributed by atoms with Crippen LogP contribution in [0.4, 0.5) is 0 Å². The number of aromatic nitrogens is 1. The van der Waals surface area contributed by atoms with Gasteiger partial charge in [-0.2, -0.15) is 0 Å². The van der Waals surface area contributed by atoms with Crippen LogP contribution in [0.25, 0.3) is 33.3 Å². The first-order valence-corrected chi connectivity index (χ1v) is 8.75. The third-order valence-electron chi connectivity index (χ3n) is 5.75. The minimum absolute atomic E-state index is 0.940. The van der Waals surface area contributed by atoms with Gasteiger partial charge >= 0.3 is 0 Å². The van der Waals surface area contributed by atoms with Gasteiger partial charge in [0.1, 0.15) is 5.75 Å². The van der Waals surface area contributed by atoms with Crippen molar-refractivity contribution in [2.75, 3.05) is 7.11 Å². The van der Waals surface area contributed by atoms with Gasteiger partial charge in [0, 0.05) is 29.5 Å². The van der Waals surface area contributed by atoms with Crippen LogP contribution in [0.1, 0.15) is 16.7 Å². The molecule has 2 heterocycles. The first kappa shape index (κ1) is 13.3. The van der Waals surface area contributed by atoms with Crippen LogP contribution >= 0.6 is 0 Å². The molecule has 0 spiro atoms. The Labute approximate surface area is 146 Å². The maximum atomic E-state index is 5.64. The summed E-state index contributed by atoms with van der Waals surface area (Å²) in [5, 5.41) is 1.34. The molecule has 2 aliphatic rings. The van der Waals surface area contributed by atoms with Gasteiger partial charge in [-0.1, -0.05) is 48.5 Å². The van der Waals surface area contributed by atoms with E-state index in [1.165, 1.54) is 50.0 Å². The molecule has 2 nitrogen and oxygen atoms in total. The lowest BCUT2D eigenvalue weighted by atomic mass is 9.94. The molecule has 0 amide bonds. The van der Waals surface area contributed by atoms with Gasteiger partial charge < -0.3 is 9.30 Å². The number of rotatable bonds is 1. The van der Waals surface area contributed by atoms with Crippen LogP contribution in [0.2, 0.25) is 0 Å². The smallest absolute Gasteiger partial charge is 0.120 e. The Morgan fingerprint density at radius 1 is 0.840 bits per heavy atom. The third kappa shape index (κ3) is 1.59. The van der Waals surface area contributed by atoms with E-state index in [1.807, 2.05) is 0 Å². The van der Waals surface area contributed by atoms with Gasteiger partial charge in [0.15, 0.2) is 0 Å². The van der Waals surface area contributed by atoms with E-state index >= 15 is 0 Å². The molecule has 0 radical (unpaired) electrons. The number of hydrogen-bond acceptors (Lipinski definition) is 1. The lowest BCUT2D eigenvalue weighted by molar-refractivity contribution is 0.415. The van der Waals surface area contributed by atoms with E-state index in [1.54, 1.807) is 7.11 Å². The zero-order valence-corrected chi connectivity index (χ0v) is 14.0. The second-order valence-electron chi connectivity index (χ2n) is 6.98. The molecule has 4 aromatic rings. The van der Waals surface area contributed by atoms with Crippen LogP contribution in [0.15, 0.2) is 60.7 Å². The average Bonchev–Trinajstić information content (AvgIpc) is 3.18. The average molecular weight is 323 g/mol. The maximum Gasteiger partial charge on any atom is 0.120 e. The van der Waals surface area contributed by atoms with Crippen molar-refractivity contribution in [3.05, 3.63) is 77.4 Å². The highest BCUT2D eigenvalue weighted by molar-refractivity contribution is 6.05. The Kier molecular flexibility index (Phi) is 2.42. The fourth-order valence-corrected chi connectivity index (χ4v) is 4.69. The Balaban J connectivity index is 1.80. The SMILES string of the molecule is COc1cc2c3c(c1)c1c(n3Cc3ccccc3-2)-c2ccccc2C1. The van der Waals surface area contributed by atoms with Crippen LogP contribution < -0.4 is 4.74 Å². The largest absolute Gasteiger partial charge is 0.497 e. The van der Waals surface area contributed by atoms with E-state index in [0.717, 1.165) is 18.7 Å². The molecule has 120 valence electrons. The predicted octanol–water partition coefficient (Wildman–Crippen LogP) is 5.25. The topological polar surface area (TPSA) is 14.2 Å². The van der Waals surface area contributed by atoms with Crippen molar-refractivity contribution in [1.29, 1.82) is 0 Å². The van der Waals surface area contributed by atoms with Gasteiger partial charge in [-0.15, -0.1) is 0 Å². The first-order chi connectivity index (χ1) is 12.3. The number of ether oxygens (including phenoxy) is 1. The van der Waals surface area contributed by atoms with Crippen LogP contribution in [0, 0.1) is 0 Å². The Morgan fingerprint density at radius 3 is 2.44 bits per heavy atom. The summed E-state index contributed by atoms with van der Waals surface area (Å²) in [6, 6.07) is 22.0. The molecular formula is C23H17NO. The van der Waals surface area contributed by atoms with Crippen molar-refractivity contribution in [2.45, 2.75) is 13.0 Å². The molecular weight excluding hydrogens is 306 g/mol. The summed E-state index contributed by atoms with van der Waals surface area (Å²) in [4.78, 5) is 0. The van der Waals surface area contributed by atoms with Crippen LogP contribution in [0.5, 0.6) is 5.75 Å². The summed E-state index contributed by atoms with van der Waals surface area (Å²) in [7, 11) is 1.76. The number of hydrogen-bond donors (Lipinski definition) is 0. The van der Waals surface area contributed by atoms with Gasteiger partial charge in [-0.25, -0.2) is 0 Å². The van der Waals surface area contributed by atoms with Gasteiger partial charge in [-0.3, -0.25) is 0 Å². The molecule has 0 fully saturated rings. The van der Waals surface area contributed by atoms with Gasteiger partial charge in [0.2, 0.25) is 0 Å². The molecule has 0 saturated carbocycles. The molecule has 1 aliphatic heterocycles. The highest BCUT2D eigenvalue weighted by Gasteiger charge is 2.30. The highest BCUT2D eigenvalue weighted by Crippen LogP contribution is 2.49. The van der Waals surface area contributed by atoms with E-state index in [-0.39, 0.29) is 0 Å². The zero-order valence-electron chi connectivity index (χ0n) is 14.0. The predicted molar refractivity (Wildman–Crippen MR) is 101 cm³/mol. The molecule has 0 bridgehead atoms. The van der Waals surface area contributed by atoms with Crippen molar-refractivity contribution < 1.29 is 4.74 Å². The lowest BCUT2D eigenvalue weighted by Gasteiger charge is -2.22.